The molecule has 0 aliphatic carbocycles. The molecule has 0 atom stereocenters. The first-order chi connectivity index (χ1) is 10.5. The van der Waals surface area contributed by atoms with Gasteiger partial charge in [-0.2, -0.15) is 8.42 Å². The second-order valence-electron chi connectivity index (χ2n) is 5.75. The average molecular weight is 343 g/mol. The van der Waals surface area contributed by atoms with Crippen molar-refractivity contribution in [3.8, 4) is 0 Å². The van der Waals surface area contributed by atoms with Gasteiger partial charge in [-0.1, -0.05) is 57.0 Å². The predicted molar refractivity (Wildman–Crippen MR) is 91.0 cm³/mol. The first-order valence-electron chi connectivity index (χ1n) is 8.00. The van der Waals surface area contributed by atoms with Crippen LogP contribution in [0.1, 0.15) is 50.7 Å². The zero-order chi connectivity index (χ0) is 16.2. The summed E-state index contributed by atoms with van der Waals surface area (Å²) < 4.78 is 33.8. The molecular weight excluding hydrogens is 319 g/mol. The van der Waals surface area contributed by atoms with E-state index in [2.05, 4.69) is 19.9 Å². The number of hydrogen-bond acceptors (Lipinski definition) is 2. The van der Waals surface area contributed by atoms with E-state index in [4.69, 9.17) is 0 Å². The van der Waals surface area contributed by atoms with Gasteiger partial charge in [0.15, 0.2) is 0 Å². The van der Waals surface area contributed by atoms with Crippen molar-refractivity contribution in [2.45, 2.75) is 57.3 Å². The minimum absolute atomic E-state index is 0. The van der Waals surface area contributed by atoms with E-state index < -0.39 is 10.1 Å². The summed E-state index contributed by atoms with van der Waals surface area (Å²) in [6.45, 7) is 4.20. The molecule has 0 aromatic heterocycles. The van der Waals surface area contributed by atoms with Gasteiger partial charge >= 0.3 is 29.6 Å². The molecular formula is C18H24NaO3S+. The molecule has 0 amide bonds. The third kappa shape index (κ3) is 5.04. The van der Waals surface area contributed by atoms with Gasteiger partial charge in [-0.3, -0.25) is 4.55 Å². The Morgan fingerprint density at radius 1 is 1.00 bits per heavy atom. The zero-order valence-corrected chi connectivity index (χ0v) is 17.1. The van der Waals surface area contributed by atoms with Crippen LogP contribution in [0.25, 0.3) is 10.8 Å². The Bertz CT molecular complexity index is 754. The van der Waals surface area contributed by atoms with Gasteiger partial charge in [-0.25, -0.2) is 0 Å². The fourth-order valence-corrected chi connectivity index (χ4v) is 3.93. The van der Waals surface area contributed by atoms with Crippen molar-refractivity contribution < 1.29 is 42.5 Å². The molecule has 2 rings (SSSR count). The van der Waals surface area contributed by atoms with E-state index in [-0.39, 0.29) is 34.5 Å². The molecule has 0 unspecified atom stereocenters. The molecule has 0 fully saturated rings. The molecule has 0 saturated carbocycles. The molecule has 5 heteroatoms. The molecule has 3 nitrogen and oxygen atoms in total. The Hall–Kier alpha value is -0.390. The number of hydrogen-bond donors (Lipinski definition) is 1. The van der Waals surface area contributed by atoms with Crippen LogP contribution in [-0.2, 0) is 23.0 Å². The second kappa shape index (κ2) is 9.19. The molecule has 0 radical (unpaired) electrons. The summed E-state index contributed by atoms with van der Waals surface area (Å²) >= 11 is 0. The van der Waals surface area contributed by atoms with Crippen molar-refractivity contribution in [3.05, 3.63) is 41.5 Å². The first-order valence-corrected chi connectivity index (χ1v) is 9.44. The fourth-order valence-electron chi connectivity index (χ4n) is 2.93. The maximum absolute atomic E-state index is 12.0. The van der Waals surface area contributed by atoms with Gasteiger partial charge in [0.2, 0.25) is 0 Å². The van der Waals surface area contributed by atoms with Crippen LogP contribution in [0.5, 0.6) is 0 Å². The zero-order valence-electron chi connectivity index (χ0n) is 14.3. The Balaban J connectivity index is 0.00000264. The summed E-state index contributed by atoms with van der Waals surface area (Å²) in [5.74, 6) is 0. The molecule has 0 spiro atoms. The standard InChI is InChI=1S/C18H24O3S.Na/c1-3-5-9-14-13-15-10-7-8-12-17(15)18(22(19,20)21)16(14)11-6-4-2;/h7-8,10,12-13H,3-6,9,11H2,1-2H3,(H,19,20,21);/q;+1. The molecule has 1 N–H and O–H groups in total. The molecule has 2 aromatic carbocycles. The molecule has 23 heavy (non-hydrogen) atoms. The Morgan fingerprint density at radius 2 is 1.61 bits per heavy atom. The molecule has 120 valence electrons. The van der Waals surface area contributed by atoms with Crippen molar-refractivity contribution in [3.63, 3.8) is 0 Å². The topological polar surface area (TPSA) is 54.4 Å². The van der Waals surface area contributed by atoms with Crippen molar-refractivity contribution in [1.29, 1.82) is 0 Å². The van der Waals surface area contributed by atoms with E-state index >= 15 is 0 Å². The van der Waals surface area contributed by atoms with E-state index in [0.717, 1.165) is 48.6 Å². The van der Waals surface area contributed by atoms with Crippen molar-refractivity contribution in [2.75, 3.05) is 0 Å². The summed E-state index contributed by atoms with van der Waals surface area (Å²) in [5.41, 5.74) is 1.86. The fraction of sp³-hybridized carbons (Fsp3) is 0.444. The average Bonchev–Trinajstić information content (AvgIpc) is 2.48. The van der Waals surface area contributed by atoms with Crippen molar-refractivity contribution >= 4 is 20.9 Å². The Labute approximate surface area is 161 Å². The van der Waals surface area contributed by atoms with Crippen LogP contribution in [0, 0.1) is 0 Å². The molecule has 0 saturated heterocycles. The van der Waals surface area contributed by atoms with Gasteiger partial charge in [0.25, 0.3) is 10.1 Å². The van der Waals surface area contributed by atoms with Crippen LogP contribution < -0.4 is 29.6 Å². The van der Waals surface area contributed by atoms with Gasteiger partial charge in [0, 0.05) is 5.39 Å². The molecule has 0 heterocycles. The number of aryl methyl sites for hydroxylation is 1. The summed E-state index contributed by atoms with van der Waals surface area (Å²) in [6, 6.07) is 9.48. The molecule has 0 bridgehead atoms. The monoisotopic (exact) mass is 343 g/mol. The van der Waals surface area contributed by atoms with Crippen LogP contribution in [0.4, 0.5) is 0 Å². The Kier molecular flexibility index (Phi) is 8.25. The predicted octanol–water partition coefficient (Wildman–Crippen LogP) is 1.78. The molecule has 2 aromatic rings. The van der Waals surface area contributed by atoms with Gasteiger partial charge in [-0.05, 0) is 42.2 Å². The number of unbranched alkanes of at least 4 members (excludes halogenated alkanes) is 2. The molecule has 0 aliphatic rings. The summed E-state index contributed by atoms with van der Waals surface area (Å²) in [4.78, 5) is 0.116. The van der Waals surface area contributed by atoms with E-state index in [1.807, 2.05) is 18.2 Å². The maximum Gasteiger partial charge on any atom is 1.00 e. The van der Waals surface area contributed by atoms with Gasteiger partial charge in [0.05, 0.1) is 0 Å². The molecule has 0 aliphatic heterocycles. The quantitative estimate of drug-likeness (QED) is 0.616. The van der Waals surface area contributed by atoms with Crippen LogP contribution in [0.2, 0.25) is 0 Å². The number of rotatable bonds is 7. The Morgan fingerprint density at radius 3 is 2.22 bits per heavy atom. The van der Waals surface area contributed by atoms with Crippen molar-refractivity contribution in [2.24, 2.45) is 0 Å². The summed E-state index contributed by atoms with van der Waals surface area (Å²) in [6.07, 6.45) is 5.52. The van der Waals surface area contributed by atoms with Crippen LogP contribution in [0.3, 0.4) is 0 Å². The second-order valence-corrected chi connectivity index (χ2v) is 7.11. The van der Waals surface area contributed by atoms with Crippen molar-refractivity contribution in [1.82, 2.24) is 0 Å². The third-order valence-electron chi connectivity index (χ3n) is 4.03. The van der Waals surface area contributed by atoms with Crippen LogP contribution in [-0.4, -0.2) is 13.0 Å². The van der Waals surface area contributed by atoms with E-state index in [0.29, 0.717) is 11.8 Å². The summed E-state index contributed by atoms with van der Waals surface area (Å²) in [5, 5.41) is 1.50. The SMILES string of the molecule is CCCCc1cc2ccccc2c(S(=O)(=O)O)c1CCCC.[Na+]. The summed E-state index contributed by atoms with van der Waals surface area (Å²) in [7, 11) is -4.24. The smallest absolute Gasteiger partial charge is 0.282 e. The van der Waals surface area contributed by atoms with Crippen LogP contribution >= 0.6 is 0 Å². The van der Waals surface area contributed by atoms with E-state index in [1.54, 1.807) is 6.07 Å². The van der Waals surface area contributed by atoms with E-state index in [9.17, 15) is 13.0 Å². The van der Waals surface area contributed by atoms with Gasteiger partial charge < -0.3 is 0 Å². The van der Waals surface area contributed by atoms with E-state index in [1.165, 1.54) is 0 Å². The minimum atomic E-state index is -4.24. The largest absolute Gasteiger partial charge is 1.00 e. The van der Waals surface area contributed by atoms with Gasteiger partial charge in [0.1, 0.15) is 4.90 Å². The number of fused-ring (bicyclic) bond motifs is 1. The van der Waals surface area contributed by atoms with Crippen LogP contribution in [0.15, 0.2) is 35.2 Å². The van der Waals surface area contributed by atoms with Gasteiger partial charge in [-0.15, -0.1) is 0 Å². The first kappa shape index (κ1) is 20.7. The minimum Gasteiger partial charge on any atom is -0.282 e. The number of benzene rings is 2. The third-order valence-corrected chi connectivity index (χ3v) is 5.02. The normalized spacial score (nSPS) is 11.4. The maximum atomic E-state index is 12.0.